The second kappa shape index (κ2) is 8.57. The molecule has 0 aliphatic carbocycles. The molecule has 0 spiro atoms. The molecular formula is C23H29N3O2. The molecule has 1 aliphatic rings. The first-order valence-electron chi connectivity index (χ1n) is 9.83. The van der Waals surface area contributed by atoms with Gasteiger partial charge in [-0.3, -0.25) is 9.59 Å². The van der Waals surface area contributed by atoms with Crippen LogP contribution in [0.25, 0.3) is 0 Å². The number of nitrogens with one attached hydrogen (secondary N) is 2. The summed E-state index contributed by atoms with van der Waals surface area (Å²) in [6.45, 7) is 6.43. The molecule has 148 valence electrons. The molecule has 0 radical (unpaired) electrons. The van der Waals surface area contributed by atoms with Crippen molar-refractivity contribution >= 4 is 17.5 Å². The SMILES string of the molecule is CNC(C)C(=O)NC1CCc2ccccc2N(Cc2ccc(C)cc2C)C1=O. The van der Waals surface area contributed by atoms with Crippen molar-refractivity contribution in [3.8, 4) is 0 Å². The number of anilines is 1. The normalized spacial score (nSPS) is 17.6. The average molecular weight is 380 g/mol. The predicted molar refractivity (Wildman–Crippen MR) is 112 cm³/mol. The van der Waals surface area contributed by atoms with Crippen LogP contribution >= 0.6 is 0 Å². The summed E-state index contributed by atoms with van der Waals surface area (Å²) in [6, 6.07) is 13.5. The van der Waals surface area contributed by atoms with Gasteiger partial charge in [0.05, 0.1) is 12.6 Å². The standard InChI is InChI=1S/C23H29N3O2/c1-15-9-10-19(16(2)13-15)14-26-21-8-6-5-7-18(21)11-12-20(23(26)28)25-22(27)17(3)24-4/h5-10,13,17,20,24H,11-12,14H2,1-4H3,(H,25,27). The predicted octanol–water partition coefficient (Wildman–Crippen LogP) is 2.88. The quantitative estimate of drug-likeness (QED) is 0.840. The number of amides is 2. The lowest BCUT2D eigenvalue weighted by molar-refractivity contribution is -0.128. The van der Waals surface area contributed by atoms with Crippen LogP contribution in [0.3, 0.4) is 0 Å². The van der Waals surface area contributed by atoms with E-state index in [-0.39, 0.29) is 17.9 Å². The topological polar surface area (TPSA) is 61.4 Å². The fourth-order valence-electron chi connectivity index (χ4n) is 3.63. The molecular weight excluding hydrogens is 350 g/mol. The van der Waals surface area contributed by atoms with Gasteiger partial charge in [-0.25, -0.2) is 0 Å². The molecule has 0 fully saturated rings. The van der Waals surface area contributed by atoms with Gasteiger partial charge in [0, 0.05) is 5.69 Å². The van der Waals surface area contributed by atoms with Crippen LogP contribution in [0, 0.1) is 13.8 Å². The van der Waals surface area contributed by atoms with Crippen LogP contribution in [-0.2, 0) is 22.6 Å². The highest BCUT2D eigenvalue weighted by Crippen LogP contribution is 2.29. The van der Waals surface area contributed by atoms with Gasteiger partial charge in [0.2, 0.25) is 11.8 Å². The van der Waals surface area contributed by atoms with Crippen molar-refractivity contribution in [2.24, 2.45) is 0 Å². The van der Waals surface area contributed by atoms with Crippen molar-refractivity contribution in [1.82, 2.24) is 10.6 Å². The minimum atomic E-state index is -0.526. The Morgan fingerprint density at radius 2 is 1.96 bits per heavy atom. The summed E-state index contributed by atoms with van der Waals surface area (Å²) in [4.78, 5) is 27.6. The lowest BCUT2D eigenvalue weighted by atomic mass is 10.0. The van der Waals surface area contributed by atoms with Crippen LogP contribution < -0.4 is 15.5 Å². The second-order valence-corrected chi connectivity index (χ2v) is 7.59. The van der Waals surface area contributed by atoms with E-state index < -0.39 is 6.04 Å². The molecule has 3 rings (SSSR count). The van der Waals surface area contributed by atoms with E-state index >= 15 is 0 Å². The van der Waals surface area contributed by atoms with Crippen molar-refractivity contribution < 1.29 is 9.59 Å². The van der Waals surface area contributed by atoms with Gasteiger partial charge in [0.25, 0.3) is 0 Å². The molecule has 0 aromatic heterocycles. The summed E-state index contributed by atoms with van der Waals surface area (Å²) in [5, 5.41) is 5.87. The Kier molecular flexibility index (Phi) is 6.15. The Morgan fingerprint density at radius 3 is 2.68 bits per heavy atom. The van der Waals surface area contributed by atoms with E-state index in [0.717, 1.165) is 23.2 Å². The van der Waals surface area contributed by atoms with Gasteiger partial charge in [-0.05, 0) is 63.4 Å². The van der Waals surface area contributed by atoms with E-state index in [0.29, 0.717) is 13.0 Å². The van der Waals surface area contributed by atoms with E-state index in [2.05, 4.69) is 48.7 Å². The van der Waals surface area contributed by atoms with Crippen molar-refractivity contribution in [2.45, 2.75) is 52.2 Å². The molecule has 0 saturated heterocycles. The number of carbonyl (C=O) groups is 2. The monoisotopic (exact) mass is 379 g/mol. The number of nitrogens with zero attached hydrogens (tertiary/aromatic N) is 1. The van der Waals surface area contributed by atoms with Gasteiger partial charge in [0.1, 0.15) is 6.04 Å². The maximum atomic E-state index is 13.4. The number of para-hydroxylation sites is 1. The summed E-state index contributed by atoms with van der Waals surface area (Å²) < 4.78 is 0. The molecule has 2 N–H and O–H groups in total. The molecule has 1 aliphatic heterocycles. The zero-order chi connectivity index (χ0) is 20.3. The van der Waals surface area contributed by atoms with Gasteiger partial charge in [-0.15, -0.1) is 0 Å². The summed E-state index contributed by atoms with van der Waals surface area (Å²) >= 11 is 0. The van der Waals surface area contributed by atoms with E-state index in [1.54, 1.807) is 14.0 Å². The second-order valence-electron chi connectivity index (χ2n) is 7.59. The number of rotatable bonds is 5. The molecule has 0 bridgehead atoms. The molecule has 5 nitrogen and oxygen atoms in total. The third kappa shape index (κ3) is 4.25. The van der Waals surface area contributed by atoms with E-state index in [9.17, 15) is 9.59 Å². The van der Waals surface area contributed by atoms with Crippen molar-refractivity contribution in [1.29, 1.82) is 0 Å². The largest absolute Gasteiger partial charge is 0.343 e. The lowest BCUT2D eigenvalue weighted by Gasteiger charge is -2.27. The van der Waals surface area contributed by atoms with Gasteiger partial charge in [-0.1, -0.05) is 42.0 Å². The Labute approximate surface area is 167 Å². The number of likely N-dealkylation sites (N-methyl/N-ethyl adjacent to an activating group) is 1. The van der Waals surface area contributed by atoms with E-state index in [4.69, 9.17) is 0 Å². The van der Waals surface area contributed by atoms with Crippen LogP contribution in [0.5, 0.6) is 0 Å². The van der Waals surface area contributed by atoms with Crippen molar-refractivity contribution in [2.75, 3.05) is 11.9 Å². The van der Waals surface area contributed by atoms with E-state index in [1.807, 2.05) is 23.1 Å². The van der Waals surface area contributed by atoms with Gasteiger partial charge in [-0.2, -0.15) is 0 Å². The average Bonchev–Trinajstić information content (AvgIpc) is 2.81. The van der Waals surface area contributed by atoms with Crippen LogP contribution in [0.4, 0.5) is 5.69 Å². The fraction of sp³-hybridized carbons (Fsp3) is 0.391. The first-order valence-corrected chi connectivity index (χ1v) is 9.83. The molecule has 2 atom stereocenters. The van der Waals surface area contributed by atoms with Crippen molar-refractivity contribution in [3.05, 3.63) is 64.7 Å². The van der Waals surface area contributed by atoms with Crippen LogP contribution in [0.15, 0.2) is 42.5 Å². The Morgan fingerprint density at radius 1 is 1.21 bits per heavy atom. The Bertz CT molecular complexity index is 878. The third-order valence-corrected chi connectivity index (χ3v) is 5.52. The molecule has 2 unspecified atom stereocenters. The van der Waals surface area contributed by atoms with Crippen molar-refractivity contribution in [3.63, 3.8) is 0 Å². The number of benzene rings is 2. The lowest BCUT2D eigenvalue weighted by Crippen LogP contribution is -2.52. The van der Waals surface area contributed by atoms with Crippen LogP contribution in [0.2, 0.25) is 0 Å². The maximum Gasteiger partial charge on any atom is 0.249 e. The molecule has 5 heteroatoms. The molecule has 0 saturated carbocycles. The molecule has 2 aromatic rings. The minimum Gasteiger partial charge on any atom is -0.343 e. The maximum absolute atomic E-state index is 13.4. The summed E-state index contributed by atoms with van der Waals surface area (Å²) in [5.74, 6) is -0.208. The smallest absolute Gasteiger partial charge is 0.249 e. The van der Waals surface area contributed by atoms with Crippen LogP contribution in [-0.4, -0.2) is 30.9 Å². The summed E-state index contributed by atoms with van der Waals surface area (Å²) in [7, 11) is 1.74. The van der Waals surface area contributed by atoms with Gasteiger partial charge >= 0.3 is 0 Å². The number of hydrogen-bond donors (Lipinski definition) is 2. The molecule has 2 amide bonds. The first-order chi connectivity index (χ1) is 13.4. The number of aryl methyl sites for hydroxylation is 3. The molecule has 1 heterocycles. The highest BCUT2D eigenvalue weighted by molar-refractivity contribution is 6.00. The summed E-state index contributed by atoms with van der Waals surface area (Å²) in [5.41, 5.74) is 5.56. The Hall–Kier alpha value is -2.66. The Balaban J connectivity index is 1.93. The fourth-order valence-corrected chi connectivity index (χ4v) is 3.63. The number of hydrogen-bond acceptors (Lipinski definition) is 3. The van der Waals surface area contributed by atoms with Gasteiger partial charge in [0.15, 0.2) is 0 Å². The molecule has 2 aromatic carbocycles. The highest BCUT2D eigenvalue weighted by atomic mass is 16.2. The number of carbonyl (C=O) groups excluding carboxylic acids is 2. The highest BCUT2D eigenvalue weighted by Gasteiger charge is 2.32. The minimum absolute atomic E-state index is 0.0541. The third-order valence-electron chi connectivity index (χ3n) is 5.52. The first kappa shape index (κ1) is 20.1. The molecule has 28 heavy (non-hydrogen) atoms. The van der Waals surface area contributed by atoms with E-state index in [1.165, 1.54) is 11.1 Å². The van der Waals surface area contributed by atoms with Crippen LogP contribution in [0.1, 0.15) is 35.6 Å². The zero-order valence-electron chi connectivity index (χ0n) is 17.1. The zero-order valence-corrected chi connectivity index (χ0v) is 17.1. The number of fused-ring (bicyclic) bond motifs is 1. The van der Waals surface area contributed by atoms with Gasteiger partial charge < -0.3 is 15.5 Å². The summed E-state index contributed by atoms with van der Waals surface area (Å²) in [6.07, 6.45) is 1.35.